The van der Waals surface area contributed by atoms with Crippen molar-refractivity contribution >= 4 is 27.4 Å². The quantitative estimate of drug-likeness (QED) is 0.885. The summed E-state index contributed by atoms with van der Waals surface area (Å²) in [6.45, 7) is 0. The Labute approximate surface area is 128 Å². The van der Waals surface area contributed by atoms with Crippen LogP contribution in [0.2, 0.25) is 0 Å². The fraction of sp³-hybridized carbons (Fsp3) is 0.200. The smallest absolute Gasteiger partial charge is 0.261 e. The molecule has 22 heavy (non-hydrogen) atoms. The zero-order valence-corrected chi connectivity index (χ0v) is 12.5. The number of nitrogens with zero attached hydrogens (tertiary/aromatic N) is 1. The Morgan fingerprint density at radius 1 is 1.09 bits per heavy atom. The second kappa shape index (κ2) is 5.76. The lowest BCUT2D eigenvalue weighted by atomic mass is 10.3. The second-order valence-electron chi connectivity index (χ2n) is 5.11. The van der Waals surface area contributed by atoms with Crippen molar-refractivity contribution in [1.82, 2.24) is 4.98 Å². The molecule has 1 amide bonds. The maximum atomic E-state index is 12.2. The number of aromatic nitrogens is 1. The van der Waals surface area contributed by atoms with Gasteiger partial charge < -0.3 is 5.32 Å². The molecule has 114 valence electrons. The number of pyridine rings is 1. The van der Waals surface area contributed by atoms with Crippen molar-refractivity contribution in [3.63, 3.8) is 0 Å². The summed E-state index contributed by atoms with van der Waals surface area (Å²) < 4.78 is 26.8. The van der Waals surface area contributed by atoms with Crippen molar-refractivity contribution in [3.8, 4) is 0 Å². The van der Waals surface area contributed by atoms with Crippen molar-refractivity contribution in [2.24, 2.45) is 5.92 Å². The normalized spacial score (nSPS) is 14.4. The van der Waals surface area contributed by atoms with Crippen LogP contribution in [0.25, 0.3) is 0 Å². The van der Waals surface area contributed by atoms with E-state index in [2.05, 4.69) is 15.0 Å². The van der Waals surface area contributed by atoms with Crippen LogP contribution in [0.3, 0.4) is 0 Å². The monoisotopic (exact) mass is 317 g/mol. The number of hydrogen-bond donors (Lipinski definition) is 2. The van der Waals surface area contributed by atoms with Gasteiger partial charge in [0.2, 0.25) is 5.91 Å². The maximum absolute atomic E-state index is 12.2. The van der Waals surface area contributed by atoms with Crippen LogP contribution >= 0.6 is 0 Å². The summed E-state index contributed by atoms with van der Waals surface area (Å²) in [5.41, 5.74) is 0.341. The van der Waals surface area contributed by atoms with E-state index in [9.17, 15) is 13.2 Å². The predicted octanol–water partition coefficient (Wildman–Crippen LogP) is 2.23. The van der Waals surface area contributed by atoms with E-state index in [1.54, 1.807) is 30.3 Å². The molecule has 0 radical (unpaired) electrons. The van der Waals surface area contributed by atoms with Crippen LogP contribution in [0.15, 0.2) is 53.6 Å². The van der Waals surface area contributed by atoms with Gasteiger partial charge in [0.15, 0.2) is 0 Å². The fourth-order valence-corrected chi connectivity index (χ4v) is 2.98. The lowest BCUT2D eigenvalue weighted by molar-refractivity contribution is -0.117. The van der Waals surface area contributed by atoms with Crippen molar-refractivity contribution in [2.75, 3.05) is 10.0 Å². The minimum absolute atomic E-state index is 0.0369. The molecule has 6 nitrogen and oxygen atoms in total. The Bertz CT molecular complexity index is 769. The van der Waals surface area contributed by atoms with Crippen molar-refractivity contribution in [3.05, 3.63) is 48.7 Å². The minimum Gasteiger partial charge on any atom is -0.310 e. The molecule has 1 aliphatic rings. The first-order valence-electron chi connectivity index (χ1n) is 6.89. The molecule has 0 saturated heterocycles. The highest BCUT2D eigenvalue weighted by Gasteiger charge is 2.29. The number of carbonyl (C=O) groups excluding carboxylic acids is 1. The first-order chi connectivity index (χ1) is 10.5. The van der Waals surface area contributed by atoms with Gasteiger partial charge >= 0.3 is 0 Å². The molecular weight excluding hydrogens is 302 g/mol. The number of anilines is 2. The molecule has 2 aromatic rings. The largest absolute Gasteiger partial charge is 0.310 e. The Morgan fingerprint density at radius 2 is 1.82 bits per heavy atom. The van der Waals surface area contributed by atoms with Crippen molar-refractivity contribution < 1.29 is 13.2 Å². The molecule has 1 aromatic carbocycles. The lowest BCUT2D eigenvalue weighted by Crippen LogP contribution is -2.15. The zero-order valence-electron chi connectivity index (χ0n) is 11.7. The molecule has 1 aromatic heterocycles. The fourth-order valence-electron chi connectivity index (χ4n) is 1.92. The van der Waals surface area contributed by atoms with Crippen LogP contribution < -0.4 is 10.0 Å². The van der Waals surface area contributed by atoms with Crippen LogP contribution in [-0.2, 0) is 14.8 Å². The van der Waals surface area contributed by atoms with Crippen molar-refractivity contribution in [2.45, 2.75) is 17.7 Å². The van der Waals surface area contributed by atoms with Gasteiger partial charge in [-0.3, -0.25) is 9.52 Å². The van der Waals surface area contributed by atoms with Crippen LogP contribution in [0.1, 0.15) is 12.8 Å². The van der Waals surface area contributed by atoms with E-state index in [1.807, 2.05) is 0 Å². The summed E-state index contributed by atoms with van der Waals surface area (Å²) in [5.74, 6) is 0.475. The Kier molecular flexibility index (Phi) is 3.81. The number of amides is 1. The molecule has 0 atom stereocenters. The van der Waals surface area contributed by atoms with E-state index in [-0.39, 0.29) is 16.7 Å². The Morgan fingerprint density at radius 3 is 2.41 bits per heavy atom. The van der Waals surface area contributed by atoms with E-state index >= 15 is 0 Å². The molecule has 2 N–H and O–H groups in total. The van der Waals surface area contributed by atoms with E-state index in [4.69, 9.17) is 0 Å². The molecule has 0 aliphatic heterocycles. The number of nitrogens with one attached hydrogen (secondary N) is 2. The third-order valence-electron chi connectivity index (χ3n) is 3.27. The number of carbonyl (C=O) groups is 1. The molecule has 1 fully saturated rings. The Balaban J connectivity index is 1.69. The van der Waals surface area contributed by atoms with Crippen molar-refractivity contribution in [1.29, 1.82) is 0 Å². The molecule has 0 unspecified atom stereocenters. The van der Waals surface area contributed by atoms with Gasteiger partial charge in [-0.1, -0.05) is 18.2 Å². The number of hydrogen-bond acceptors (Lipinski definition) is 4. The van der Waals surface area contributed by atoms with Crippen LogP contribution in [0.5, 0.6) is 0 Å². The standard InChI is InChI=1S/C15H15N3O3S/c19-15(11-6-7-11)17-14-9-8-12(10-16-14)18-22(20,21)13-4-2-1-3-5-13/h1-5,8-11,18H,6-7H2,(H,16,17,19). The molecular formula is C15H15N3O3S. The summed E-state index contributed by atoms with van der Waals surface area (Å²) in [6.07, 6.45) is 3.21. The summed E-state index contributed by atoms with van der Waals surface area (Å²) in [6, 6.07) is 11.2. The highest BCUT2D eigenvalue weighted by molar-refractivity contribution is 7.92. The lowest BCUT2D eigenvalue weighted by Gasteiger charge is -2.08. The summed E-state index contributed by atoms with van der Waals surface area (Å²) >= 11 is 0. The second-order valence-corrected chi connectivity index (χ2v) is 6.80. The van der Waals surface area contributed by atoms with Gasteiger partial charge in [-0.05, 0) is 37.1 Å². The number of rotatable bonds is 5. The van der Waals surface area contributed by atoms with Gasteiger partial charge in [0.25, 0.3) is 10.0 Å². The topological polar surface area (TPSA) is 88.2 Å². The molecule has 0 spiro atoms. The highest BCUT2D eigenvalue weighted by atomic mass is 32.2. The van der Waals surface area contributed by atoms with E-state index in [1.165, 1.54) is 18.3 Å². The SMILES string of the molecule is O=C(Nc1ccc(NS(=O)(=O)c2ccccc2)cn1)C1CC1. The first-order valence-corrected chi connectivity index (χ1v) is 8.38. The number of sulfonamides is 1. The van der Waals surface area contributed by atoms with Gasteiger partial charge in [-0.15, -0.1) is 0 Å². The van der Waals surface area contributed by atoms with Gasteiger partial charge in [0.1, 0.15) is 5.82 Å². The highest BCUT2D eigenvalue weighted by Crippen LogP contribution is 2.30. The predicted molar refractivity (Wildman–Crippen MR) is 82.8 cm³/mol. The summed E-state index contributed by atoms with van der Waals surface area (Å²) in [4.78, 5) is 15.8. The van der Waals surface area contributed by atoms with Gasteiger partial charge in [-0.25, -0.2) is 13.4 Å². The summed E-state index contributed by atoms with van der Waals surface area (Å²) in [5, 5.41) is 2.70. The average Bonchev–Trinajstić information content (AvgIpc) is 3.35. The summed E-state index contributed by atoms with van der Waals surface area (Å²) in [7, 11) is -3.63. The maximum Gasteiger partial charge on any atom is 0.261 e. The van der Waals surface area contributed by atoms with Gasteiger partial charge in [-0.2, -0.15) is 0 Å². The molecule has 1 saturated carbocycles. The van der Waals surface area contributed by atoms with E-state index < -0.39 is 10.0 Å². The molecule has 0 bridgehead atoms. The number of benzene rings is 1. The van der Waals surface area contributed by atoms with E-state index in [0.717, 1.165) is 12.8 Å². The molecule has 1 aliphatic carbocycles. The Hall–Kier alpha value is -2.41. The zero-order chi connectivity index (χ0) is 15.6. The molecule has 7 heteroatoms. The van der Waals surface area contributed by atoms with Crippen LogP contribution in [-0.4, -0.2) is 19.3 Å². The average molecular weight is 317 g/mol. The molecule has 1 heterocycles. The van der Waals surface area contributed by atoms with Crippen LogP contribution in [0, 0.1) is 5.92 Å². The third kappa shape index (κ3) is 3.43. The van der Waals surface area contributed by atoms with Gasteiger partial charge in [0.05, 0.1) is 16.8 Å². The third-order valence-corrected chi connectivity index (χ3v) is 4.67. The van der Waals surface area contributed by atoms with Gasteiger partial charge in [0, 0.05) is 5.92 Å². The van der Waals surface area contributed by atoms with Crippen LogP contribution in [0.4, 0.5) is 11.5 Å². The van der Waals surface area contributed by atoms with E-state index in [0.29, 0.717) is 11.5 Å². The first kappa shape index (κ1) is 14.5. The minimum atomic E-state index is -3.63. The molecule has 3 rings (SSSR count).